The van der Waals surface area contributed by atoms with Crippen molar-refractivity contribution in [3.63, 3.8) is 0 Å². The van der Waals surface area contributed by atoms with Crippen molar-refractivity contribution in [2.24, 2.45) is 7.05 Å². The first-order valence-electron chi connectivity index (χ1n) is 8.02. The Morgan fingerprint density at radius 1 is 1.17 bits per heavy atom. The van der Waals surface area contributed by atoms with Gasteiger partial charge in [0.1, 0.15) is 0 Å². The summed E-state index contributed by atoms with van der Waals surface area (Å²) in [5.41, 5.74) is 3.87. The van der Waals surface area contributed by atoms with Crippen molar-refractivity contribution in [1.82, 2.24) is 14.8 Å². The second-order valence-electron chi connectivity index (χ2n) is 6.14. The van der Waals surface area contributed by atoms with Gasteiger partial charge < -0.3 is 9.80 Å². The molecular formula is C18H19N5O. The Hall–Kier alpha value is -2.89. The van der Waals surface area contributed by atoms with Gasteiger partial charge in [-0.3, -0.25) is 14.5 Å². The van der Waals surface area contributed by atoms with Crippen molar-refractivity contribution in [1.29, 1.82) is 0 Å². The number of aromatic nitrogens is 3. The summed E-state index contributed by atoms with van der Waals surface area (Å²) in [4.78, 5) is 21.2. The first-order chi connectivity index (χ1) is 11.6. The summed E-state index contributed by atoms with van der Waals surface area (Å²) in [6.07, 6.45) is 3.61. The van der Waals surface area contributed by atoms with Gasteiger partial charge in [0.15, 0.2) is 0 Å². The highest BCUT2D eigenvalue weighted by Gasteiger charge is 2.27. The smallest absolute Gasteiger partial charge is 0.246 e. The highest BCUT2D eigenvalue weighted by atomic mass is 16.2. The second kappa shape index (κ2) is 5.63. The molecule has 122 valence electrons. The molecule has 0 atom stereocenters. The summed E-state index contributed by atoms with van der Waals surface area (Å²) in [6, 6.07) is 10.1. The van der Waals surface area contributed by atoms with Crippen LogP contribution in [0.15, 0.2) is 42.7 Å². The maximum atomic E-state index is 12.6. The maximum Gasteiger partial charge on any atom is 0.246 e. The molecule has 1 saturated heterocycles. The van der Waals surface area contributed by atoms with Crippen molar-refractivity contribution in [3.05, 3.63) is 48.4 Å². The molecule has 0 aliphatic carbocycles. The van der Waals surface area contributed by atoms with Gasteiger partial charge in [-0.05, 0) is 19.1 Å². The number of nitrogens with zero attached hydrogens (tertiary/aromatic N) is 5. The second-order valence-corrected chi connectivity index (χ2v) is 6.14. The molecule has 1 aromatic carbocycles. The lowest BCUT2D eigenvalue weighted by atomic mass is 10.1. The number of pyridine rings is 1. The third-order valence-corrected chi connectivity index (χ3v) is 4.39. The van der Waals surface area contributed by atoms with Crippen LogP contribution in [0.1, 0.15) is 5.69 Å². The average molecular weight is 321 g/mol. The molecule has 1 fully saturated rings. The molecule has 4 rings (SSSR count). The monoisotopic (exact) mass is 321 g/mol. The van der Waals surface area contributed by atoms with E-state index in [1.54, 1.807) is 15.8 Å². The lowest BCUT2D eigenvalue weighted by Gasteiger charge is -2.35. The Morgan fingerprint density at radius 3 is 2.75 bits per heavy atom. The molecule has 6 nitrogen and oxygen atoms in total. The SMILES string of the molecule is Cc1cc(N2CCN(c3cnn(C)c3)C(=O)C2)c2ccccc2n1. The number of benzene rings is 1. The van der Waals surface area contributed by atoms with E-state index < -0.39 is 0 Å². The standard InChI is InChI=1S/C18H19N5O/c1-13-9-17(15-5-3-4-6-16(15)20-13)22-7-8-23(18(24)12-22)14-10-19-21(2)11-14/h3-6,9-11H,7-8,12H2,1-2H3. The van der Waals surface area contributed by atoms with E-state index in [4.69, 9.17) is 0 Å². The van der Waals surface area contributed by atoms with E-state index in [9.17, 15) is 4.79 Å². The molecular weight excluding hydrogens is 302 g/mol. The van der Waals surface area contributed by atoms with E-state index in [1.165, 1.54) is 0 Å². The number of hydrogen-bond acceptors (Lipinski definition) is 4. The zero-order chi connectivity index (χ0) is 16.7. The van der Waals surface area contributed by atoms with Crippen LogP contribution < -0.4 is 9.80 Å². The minimum absolute atomic E-state index is 0.0906. The fraction of sp³-hybridized carbons (Fsp3) is 0.278. The number of rotatable bonds is 2. The number of para-hydroxylation sites is 1. The molecule has 1 amide bonds. The Morgan fingerprint density at radius 2 is 2.00 bits per heavy atom. The molecule has 2 aromatic heterocycles. The topological polar surface area (TPSA) is 54.3 Å². The van der Waals surface area contributed by atoms with Gasteiger partial charge in [0, 0.05) is 43.1 Å². The fourth-order valence-electron chi connectivity index (χ4n) is 3.25. The Kier molecular flexibility index (Phi) is 3.45. The van der Waals surface area contributed by atoms with Crippen LogP contribution in [-0.4, -0.2) is 40.3 Å². The summed E-state index contributed by atoms with van der Waals surface area (Å²) in [6.45, 7) is 3.79. The van der Waals surface area contributed by atoms with Gasteiger partial charge in [-0.15, -0.1) is 0 Å². The number of fused-ring (bicyclic) bond motifs is 1. The predicted octanol–water partition coefficient (Wildman–Crippen LogP) is 2.13. The van der Waals surface area contributed by atoms with Gasteiger partial charge in [-0.2, -0.15) is 5.10 Å². The van der Waals surface area contributed by atoms with E-state index in [-0.39, 0.29) is 5.91 Å². The van der Waals surface area contributed by atoms with Gasteiger partial charge in [-0.1, -0.05) is 18.2 Å². The quantitative estimate of drug-likeness (QED) is 0.725. The van der Waals surface area contributed by atoms with Crippen LogP contribution in [0.3, 0.4) is 0 Å². The molecule has 0 bridgehead atoms. The molecule has 0 unspecified atom stereocenters. The van der Waals surface area contributed by atoms with Crippen molar-refractivity contribution in [2.45, 2.75) is 6.92 Å². The van der Waals surface area contributed by atoms with Gasteiger partial charge >= 0.3 is 0 Å². The molecule has 0 spiro atoms. The predicted molar refractivity (Wildman–Crippen MR) is 94.3 cm³/mol. The molecule has 0 radical (unpaired) electrons. The van der Waals surface area contributed by atoms with E-state index >= 15 is 0 Å². The summed E-state index contributed by atoms with van der Waals surface area (Å²) in [7, 11) is 1.86. The molecule has 3 aromatic rings. The van der Waals surface area contributed by atoms with Gasteiger partial charge in [0.05, 0.1) is 23.9 Å². The number of anilines is 2. The normalized spacial score (nSPS) is 15.3. The van der Waals surface area contributed by atoms with Crippen molar-refractivity contribution in [3.8, 4) is 0 Å². The first kappa shape index (κ1) is 14.7. The Labute approximate surface area is 140 Å². The summed E-state index contributed by atoms with van der Waals surface area (Å²) >= 11 is 0. The molecule has 0 N–H and O–H groups in total. The van der Waals surface area contributed by atoms with Crippen LogP contribution in [0.5, 0.6) is 0 Å². The number of carbonyl (C=O) groups is 1. The Bertz CT molecular complexity index is 917. The van der Waals surface area contributed by atoms with E-state index in [0.717, 1.165) is 34.5 Å². The molecule has 6 heteroatoms. The summed E-state index contributed by atoms with van der Waals surface area (Å²) in [5.74, 6) is 0.0906. The molecule has 3 heterocycles. The zero-order valence-corrected chi connectivity index (χ0v) is 13.8. The van der Waals surface area contributed by atoms with Crippen molar-refractivity contribution < 1.29 is 4.79 Å². The number of amides is 1. The molecule has 24 heavy (non-hydrogen) atoms. The summed E-state index contributed by atoms with van der Waals surface area (Å²) < 4.78 is 1.72. The number of piperazine rings is 1. The highest BCUT2D eigenvalue weighted by Crippen LogP contribution is 2.28. The van der Waals surface area contributed by atoms with Gasteiger partial charge in [0.2, 0.25) is 5.91 Å². The maximum absolute atomic E-state index is 12.6. The van der Waals surface area contributed by atoms with Crippen molar-refractivity contribution in [2.75, 3.05) is 29.4 Å². The third-order valence-electron chi connectivity index (χ3n) is 4.39. The van der Waals surface area contributed by atoms with E-state index in [0.29, 0.717) is 13.1 Å². The first-order valence-corrected chi connectivity index (χ1v) is 8.02. The molecule has 1 aliphatic rings. The number of hydrogen-bond donors (Lipinski definition) is 0. The van der Waals surface area contributed by atoms with Gasteiger partial charge in [-0.25, -0.2) is 0 Å². The third kappa shape index (κ3) is 2.50. The van der Waals surface area contributed by atoms with Crippen LogP contribution in [-0.2, 0) is 11.8 Å². The largest absolute Gasteiger partial charge is 0.360 e. The number of carbonyl (C=O) groups excluding carboxylic acids is 1. The summed E-state index contributed by atoms with van der Waals surface area (Å²) in [5, 5.41) is 5.25. The van der Waals surface area contributed by atoms with Crippen LogP contribution in [0, 0.1) is 6.92 Å². The van der Waals surface area contributed by atoms with Crippen molar-refractivity contribution >= 4 is 28.2 Å². The average Bonchev–Trinajstić information content (AvgIpc) is 3.00. The number of aryl methyl sites for hydroxylation is 2. The van der Waals surface area contributed by atoms with Crippen LogP contribution in [0.4, 0.5) is 11.4 Å². The minimum Gasteiger partial charge on any atom is -0.360 e. The molecule has 1 aliphatic heterocycles. The van der Waals surface area contributed by atoms with E-state index in [2.05, 4.69) is 27.1 Å². The Balaban J connectivity index is 1.65. The van der Waals surface area contributed by atoms with Crippen LogP contribution in [0.2, 0.25) is 0 Å². The fourth-order valence-corrected chi connectivity index (χ4v) is 3.25. The van der Waals surface area contributed by atoms with Crippen LogP contribution >= 0.6 is 0 Å². The lowest BCUT2D eigenvalue weighted by molar-refractivity contribution is -0.117. The lowest BCUT2D eigenvalue weighted by Crippen LogP contribution is -2.50. The minimum atomic E-state index is 0.0906. The highest BCUT2D eigenvalue weighted by molar-refractivity contribution is 6.00. The van der Waals surface area contributed by atoms with Gasteiger partial charge in [0.25, 0.3) is 0 Å². The van der Waals surface area contributed by atoms with Crippen LogP contribution in [0.25, 0.3) is 10.9 Å². The molecule has 0 saturated carbocycles. The van der Waals surface area contributed by atoms with E-state index in [1.807, 2.05) is 38.4 Å². The zero-order valence-electron chi connectivity index (χ0n) is 13.8.